The van der Waals surface area contributed by atoms with Crippen LogP contribution in [0.1, 0.15) is 35.3 Å². The Morgan fingerprint density at radius 3 is 2.75 bits per heavy atom. The molecule has 0 radical (unpaired) electrons. The number of hydrogen-bond acceptors (Lipinski definition) is 5. The zero-order valence-corrected chi connectivity index (χ0v) is 13.8. The molecule has 2 aromatic rings. The highest BCUT2D eigenvalue weighted by atomic mass is 16.6. The van der Waals surface area contributed by atoms with Crippen LogP contribution >= 0.6 is 0 Å². The number of carbonyl (C=O) groups excluding carboxylic acids is 1. The number of rotatable bonds is 6. The first-order valence-corrected chi connectivity index (χ1v) is 7.51. The molecule has 0 aliphatic heterocycles. The van der Waals surface area contributed by atoms with Gasteiger partial charge in [0.25, 0.3) is 11.6 Å². The van der Waals surface area contributed by atoms with Crippen molar-refractivity contribution in [3.63, 3.8) is 0 Å². The van der Waals surface area contributed by atoms with Crippen LogP contribution in [0.2, 0.25) is 0 Å². The highest BCUT2D eigenvalue weighted by Gasteiger charge is 2.26. The number of nitro benzene ring substituents is 1. The first kappa shape index (κ1) is 17.6. The van der Waals surface area contributed by atoms with Crippen molar-refractivity contribution in [2.24, 2.45) is 7.05 Å². The van der Waals surface area contributed by atoms with Crippen molar-refractivity contribution in [3.05, 3.63) is 57.4 Å². The van der Waals surface area contributed by atoms with Crippen LogP contribution in [0, 0.1) is 10.1 Å². The van der Waals surface area contributed by atoms with E-state index < -0.39 is 16.4 Å². The summed E-state index contributed by atoms with van der Waals surface area (Å²) < 4.78 is 1.55. The molecule has 0 spiro atoms. The Bertz CT molecular complexity index is 767. The fraction of sp³-hybridized carbons (Fsp3) is 0.375. The molecule has 8 heteroatoms. The number of hydrogen-bond donors (Lipinski definition) is 2. The first-order valence-electron chi connectivity index (χ1n) is 7.51. The number of nitrogens with zero attached hydrogens (tertiary/aromatic N) is 3. The van der Waals surface area contributed by atoms with Crippen LogP contribution in [0.15, 0.2) is 30.6 Å². The van der Waals surface area contributed by atoms with E-state index in [1.54, 1.807) is 37.0 Å². The normalized spacial score (nSPS) is 13.3. The van der Waals surface area contributed by atoms with Crippen LogP contribution in [0.5, 0.6) is 0 Å². The molecule has 0 saturated heterocycles. The minimum atomic E-state index is -1.29. The van der Waals surface area contributed by atoms with Crippen LogP contribution in [0.3, 0.4) is 0 Å². The number of aryl methyl sites for hydroxylation is 2. The number of aliphatic hydroxyl groups is 1. The van der Waals surface area contributed by atoms with E-state index in [1.807, 2.05) is 6.92 Å². The van der Waals surface area contributed by atoms with Crippen molar-refractivity contribution in [1.29, 1.82) is 0 Å². The highest BCUT2D eigenvalue weighted by Crippen LogP contribution is 2.22. The average Bonchev–Trinajstić information content (AvgIpc) is 2.99. The summed E-state index contributed by atoms with van der Waals surface area (Å²) in [6, 6.07) is 4.37. The second-order valence-corrected chi connectivity index (χ2v) is 5.81. The molecule has 128 valence electrons. The third-order valence-electron chi connectivity index (χ3n) is 3.85. The van der Waals surface area contributed by atoms with Gasteiger partial charge in [-0.05, 0) is 19.4 Å². The summed E-state index contributed by atoms with van der Waals surface area (Å²) in [5, 5.41) is 28.1. The lowest BCUT2D eigenvalue weighted by molar-refractivity contribution is -0.385. The number of nitrogens with one attached hydrogen (secondary N) is 1. The summed E-state index contributed by atoms with van der Waals surface area (Å²) in [6.45, 7) is 3.33. The van der Waals surface area contributed by atoms with Crippen molar-refractivity contribution in [2.75, 3.05) is 6.54 Å². The Morgan fingerprint density at radius 2 is 2.21 bits per heavy atom. The molecule has 0 bridgehead atoms. The number of aromatic nitrogens is 2. The van der Waals surface area contributed by atoms with Crippen molar-refractivity contribution in [2.45, 2.75) is 25.9 Å². The summed E-state index contributed by atoms with van der Waals surface area (Å²) in [5.41, 5.74) is -0.0549. The molecule has 0 fully saturated rings. The fourth-order valence-electron chi connectivity index (χ4n) is 2.33. The predicted molar refractivity (Wildman–Crippen MR) is 87.6 cm³/mol. The Labute approximate surface area is 139 Å². The van der Waals surface area contributed by atoms with Gasteiger partial charge in [0.1, 0.15) is 5.60 Å². The Morgan fingerprint density at radius 1 is 1.50 bits per heavy atom. The zero-order chi connectivity index (χ0) is 17.9. The fourth-order valence-corrected chi connectivity index (χ4v) is 2.33. The minimum absolute atomic E-state index is 0.0408. The van der Waals surface area contributed by atoms with Crippen molar-refractivity contribution in [1.82, 2.24) is 15.1 Å². The largest absolute Gasteiger partial charge is 0.383 e. The summed E-state index contributed by atoms with van der Waals surface area (Å²) >= 11 is 0. The van der Waals surface area contributed by atoms with E-state index in [2.05, 4.69) is 10.4 Å². The van der Waals surface area contributed by atoms with Gasteiger partial charge in [-0.25, -0.2) is 0 Å². The van der Waals surface area contributed by atoms with Gasteiger partial charge in [0.05, 0.1) is 17.7 Å². The van der Waals surface area contributed by atoms with Gasteiger partial charge >= 0.3 is 0 Å². The highest BCUT2D eigenvalue weighted by molar-refractivity contribution is 5.95. The predicted octanol–water partition coefficient (Wildman–Crippen LogP) is 1.53. The molecule has 1 aromatic carbocycles. The molecule has 2 N–H and O–H groups in total. The molecule has 0 saturated carbocycles. The van der Waals surface area contributed by atoms with Crippen LogP contribution < -0.4 is 5.32 Å². The number of carbonyl (C=O) groups is 1. The average molecular weight is 332 g/mol. The number of nitro groups is 1. The van der Waals surface area contributed by atoms with Crippen LogP contribution in [0.4, 0.5) is 5.69 Å². The maximum atomic E-state index is 12.2. The zero-order valence-electron chi connectivity index (χ0n) is 13.8. The van der Waals surface area contributed by atoms with Gasteiger partial charge < -0.3 is 10.4 Å². The molecule has 1 aromatic heterocycles. The Hall–Kier alpha value is -2.74. The maximum Gasteiger partial charge on any atom is 0.273 e. The lowest BCUT2D eigenvalue weighted by Crippen LogP contribution is -2.38. The summed E-state index contributed by atoms with van der Waals surface area (Å²) in [7, 11) is 1.73. The lowest BCUT2D eigenvalue weighted by atomic mass is 9.99. The molecule has 2 rings (SSSR count). The van der Waals surface area contributed by atoms with E-state index in [0.29, 0.717) is 17.5 Å². The minimum Gasteiger partial charge on any atom is -0.383 e. The van der Waals surface area contributed by atoms with Crippen molar-refractivity contribution >= 4 is 11.6 Å². The lowest BCUT2D eigenvalue weighted by Gasteiger charge is -2.22. The molecule has 24 heavy (non-hydrogen) atoms. The molecule has 0 aliphatic carbocycles. The topological polar surface area (TPSA) is 110 Å². The van der Waals surface area contributed by atoms with E-state index in [1.165, 1.54) is 12.3 Å². The van der Waals surface area contributed by atoms with Gasteiger partial charge in [-0.1, -0.05) is 13.0 Å². The summed E-state index contributed by atoms with van der Waals surface area (Å²) in [5.74, 6) is -0.482. The second-order valence-electron chi connectivity index (χ2n) is 5.81. The van der Waals surface area contributed by atoms with Crippen LogP contribution in [0.25, 0.3) is 0 Å². The summed E-state index contributed by atoms with van der Waals surface area (Å²) in [6.07, 6.45) is 3.69. The van der Waals surface area contributed by atoms with E-state index in [-0.39, 0.29) is 17.8 Å². The van der Waals surface area contributed by atoms with Gasteiger partial charge in [0, 0.05) is 36.0 Å². The smallest absolute Gasteiger partial charge is 0.273 e. The molecular weight excluding hydrogens is 312 g/mol. The third-order valence-corrected chi connectivity index (χ3v) is 3.85. The van der Waals surface area contributed by atoms with E-state index in [9.17, 15) is 20.0 Å². The van der Waals surface area contributed by atoms with E-state index in [4.69, 9.17) is 0 Å². The van der Waals surface area contributed by atoms with Crippen molar-refractivity contribution < 1.29 is 14.8 Å². The SMILES string of the molecule is CCc1ccc(C(=O)NCC(C)(O)c2cnn(C)c2)cc1[N+](=O)[O-]. The maximum absolute atomic E-state index is 12.2. The molecule has 1 heterocycles. The number of amides is 1. The first-order chi connectivity index (χ1) is 11.2. The quantitative estimate of drug-likeness (QED) is 0.615. The molecule has 0 aliphatic rings. The molecular formula is C16H20N4O4. The van der Waals surface area contributed by atoms with Gasteiger partial charge in [0.2, 0.25) is 0 Å². The second kappa shape index (κ2) is 6.79. The van der Waals surface area contributed by atoms with Crippen molar-refractivity contribution in [3.8, 4) is 0 Å². The molecule has 1 unspecified atom stereocenters. The molecule has 1 atom stereocenters. The van der Waals surface area contributed by atoms with Crippen LogP contribution in [-0.2, 0) is 19.1 Å². The van der Waals surface area contributed by atoms with Gasteiger partial charge in [0.15, 0.2) is 0 Å². The van der Waals surface area contributed by atoms with Gasteiger partial charge in [-0.3, -0.25) is 19.6 Å². The molecule has 1 amide bonds. The van der Waals surface area contributed by atoms with Gasteiger partial charge in [-0.2, -0.15) is 5.10 Å². The monoisotopic (exact) mass is 332 g/mol. The number of benzene rings is 1. The van der Waals surface area contributed by atoms with Gasteiger partial charge in [-0.15, -0.1) is 0 Å². The Balaban J connectivity index is 2.12. The molecule has 8 nitrogen and oxygen atoms in total. The third kappa shape index (κ3) is 3.77. The van der Waals surface area contributed by atoms with E-state index in [0.717, 1.165) is 0 Å². The summed E-state index contributed by atoms with van der Waals surface area (Å²) in [4.78, 5) is 22.8. The van der Waals surface area contributed by atoms with E-state index >= 15 is 0 Å². The van der Waals surface area contributed by atoms with Crippen LogP contribution in [-0.4, -0.2) is 32.3 Å². The standard InChI is InChI=1S/C16H20N4O4/c1-4-11-5-6-12(7-14(11)20(23)24)15(21)17-10-16(2,22)13-8-18-19(3)9-13/h5-9,22H,4,10H2,1-3H3,(H,17,21). The Kier molecular flexibility index (Phi) is 4.99.